The van der Waals surface area contributed by atoms with Gasteiger partial charge in [-0.15, -0.1) is 0 Å². The Morgan fingerprint density at radius 2 is 1.68 bits per heavy atom. The lowest BCUT2D eigenvalue weighted by Gasteiger charge is -2.15. The largest absolute Gasteiger partial charge is 0.494 e. The number of ether oxygens (including phenoxy) is 1. The number of hydrogen-bond donors (Lipinski definition) is 1. The third-order valence-corrected chi connectivity index (χ3v) is 4.19. The van der Waals surface area contributed by atoms with Crippen LogP contribution in [0.3, 0.4) is 0 Å². The summed E-state index contributed by atoms with van der Waals surface area (Å²) in [6, 6.07) is 14.7. The standard InChI is InChI=1S/C18H21Cl2NO/c1-13(8-9-14-6-4-3-5-7-14)21-12-15-10-16(19)18(22-2)17(20)11-15/h3-7,10-11,13,21H,8-9,12H2,1-2H3/t13-/m0/s1. The first kappa shape index (κ1) is 17.1. The van der Waals surface area contributed by atoms with Crippen LogP contribution in [0.1, 0.15) is 24.5 Å². The summed E-state index contributed by atoms with van der Waals surface area (Å²) < 4.78 is 5.16. The number of halogens is 2. The first-order valence-electron chi connectivity index (χ1n) is 7.39. The topological polar surface area (TPSA) is 21.3 Å². The van der Waals surface area contributed by atoms with Gasteiger partial charge in [0.2, 0.25) is 0 Å². The third-order valence-electron chi connectivity index (χ3n) is 3.63. The summed E-state index contributed by atoms with van der Waals surface area (Å²) in [5, 5.41) is 4.59. The van der Waals surface area contributed by atoms with Gasteiger partial charge in [-0.05, 0) is 43.0 Å². The van der Waals surface area contributed by atoms with Crippen molar-refractivity contribution in [3.8, 4) is 5.75 Å². The summed E-state index contributed by atoms with van der Waals surface area (Å²) in [5.74, 6) is 0.532. The number of methoxy groups -OCH3 is 1. The second-order valence-corrected chi connectivity index (χ2v) is 6.21. The fourth-order valence-corrected chi connectivity index (χ4v) is 3.02. The highest BCUT2D eigenvalue weighted by Crippen LogP contribution is 2.33. The van der Waals surface area contributed by atoms with Crippen LogP contribution in [0.5, 0.6) is 5.75 Å². The van der Waals surface area contributed by atoms with Crippen LogP contribution in [0.25, 0.3) is 0 Å². The molecular formula is C18H21Cl2NO. The molecule has 22 heavy (non-hydrogen) atoms. The van der Waals surface area contributed by atoms with E-state index in [1.807, 2.05) is 18.2 Å². The van der Waals surface area contributed by atoms with Crippen molar-refractivity contribution in [2.24, 2.45) is 0 Å². The van der Waals surface area contributed by atoms with Gasteiger partial charge in [0.15, 0.2) is 5.75 Å². The van der Waals surface area contributed by atoms with Crippen LogP contribution in [0.2, 0.25) is 10.0 Å². The predicted octanol–water partition coefficient (Wildman–Crippen LogP) is 5.11. The highest BCUT2D eigenvalue weighted by atomic mass is 35.5. The normalized spacial score (nSPS) is 12.2. The van der Waals surface area contributed by atoms with E-state index < -0.39 is 0 Å². The molecule has 0 saturated carbocycles. The van der Waals surface area contributed by atoms with Crippen LogP contribution in [0, 0.1) is 0 Å². The van der Waals surface area contributed by atoms with Crippen LogP contribution < -0.4 is 10.1 Å². The number of rotatable bonds is 7. The van der Waals surface area contributed by atoms with E-state index in [9.17, 15) is 0 Å². The zero-order valence-electron chi connectivity index (χ0n) is 12.9. The number of hydrogen-bond acceptors (Lipinski definition) is 2. The van der Waals surface area contributed by atoms with Gasteiger partial charge in [0.25, 0.3) is 0 Å². The molecule has 4 heteroatoms. The molecule has 0 unspecified atom stereocenters. The Bertz CT molecular complexity index is 578. The Balaban J connectivity index is 1.85. The van der Waals surface area contributed by atoms with Gasteiger partial charge in [0, 0.05) is 12.6 Å². The quantitative estimate of drug-likeness (QED) is 0.757. The average molecular weight is 338 g/mol. The van der Waals surface area contributed by atoms with Crippen molar-refractivity contribution < 1.29 is 4.74 Å². The molecule has 0 amide bonds. The highest BCUT2D eigenvalue weighted by molar-refractivity contribution is 6.37. The third kappa shape index (κ3) is 4.91. The van der Waals surface area contributed by atoms with Gasteiger partial charge in [-0.2, -0.15) is 0 Å². The van der Waals surface area contributed by atoms with Crippen molar-refractivity contribution in [1.82, 2.24) is 5.32 Å². The minimum Gasteiger partial charge on any atom is -0.494 e. The highest BCUT2D eigenvalue weighted by Gasteiger charge is 2.09. The van der Waals surface area contributed by atoms with E-state index in [1.54, 1.807) is 7.11 Å². The molecule has 0 aliphatic heterocycles. The van der Waals surface area contributed by atoms with E-state index in [0.29, 0.717) is 21.8 Å². The Kier molecular flexibility index (Phi) is 6.56. The predicted molar refractivity (Wildman–Crippen MR) is 94.1 cm³/mol. The molecule has 1 N–H and O–H groups in total. The van der Waals surface area contributed by atoms with Gasteiger partial charge >= 0.3 is 0 Å². The summed E-state index contributed by atoms with van der Waals surface area (Å²) >= 11 is 12.3. The molecule has 118 valence electrons. The van der Waals surface area contributed by atoms with E-state index in [0.717, 1.165) is 24.9 Å². The van der Waals surface area contributed by atoms with E-state index in [2.05, 4.69) is 36.5 Å². The molecule has 2 rings (SSSR count). The maximum atomic E-state index is 6.15. The molecule has 0 aliphatic carbocycles. The molecular weight excluding hydrogens is 317 g/mol. The van der Waals surface area contributed by atoms with Crippen molar-refractivity contribution >= 4 is 23.2 Å². The summed E-state index contributed by atoms with van der Waals surface area (Å²) in [7, 11) is 1.57. The van der Waals surface area contributed by atoms with Gasteiger partial charge in [0.1, 0.15) is 0 Å². The van der Waals surface area contributed by atoms with E-state index >= 15 is 0 Å². The molecule has 0 radical (unpaired) electrons. The molecule has 0 aromatic heterocycles. The van der Waals surface area contributed by atoms with Crippen LogP contribution in [0.4, 0.5) is 0 Å². The van der Waals surface area contributed by atoms with Gasteiger partial charge in [-0.3, -0.25) is 0 Å². The van der Waals surface area contributed by atoms with Crippen molar-refractivity contribution in [2.45, 2.75) is 32.4 Å². The number of nitrogens with one attached hydrogen (secondary N) is 1. The molecule has 0 fully saturated rings. The van der Waals surface area contributed by atoms with Gasteiger partial charge < -0.3 is 10.1 Å². The molecule has 1 atom stereocenters. The molecule has 2 nitrogen and oxygen atoms in total. The van der Waals surface area contributed by atoms with E-state index in [4.69, 9.17) is 27.9 Å². The second-order valence-electron chi connectivity index (χ2n) is 5.40. The van der Waals surface area contributed by atoms with E-state index in [-0.39, 0.29) is 0 Å². The molecule has 0 heterocycles. The Hall–Kier alpha value is -1.22. The average Bonchev–Trinajstić information content (AvgIpc) is 2.52. The van der Waals surface area contributed by atoms with Gasteiger partial charge in [-0.1, -0.05) is 53.5 Å². The van der Waals surface area contributed by atoms with Crippen molar-refractivity contribution in [3.63, 3.8) is 0 Å². The number of benzene rings is 2. The van der Waals surface area contributed by atoms with Crippen molar-refractivity contribution in [3.05, 3.63) is 63.6 Å². The number of aryl methyl sites for hydroxylation is 1. The van der Waals surface area contributed by atoms with Gasteiger partial charge in [0.05, 0.1) is 17.2 Å². The molecule has 2 aromatic carbocycles. The Morgan fingerprint density at radius 1 is 1.05 bits per heavy atom. The fraction of sp³-hybridized carbons (Fsp3) is 0.333. The van der Waals surface area contributed by atoms with Crippen molar-refractivity contribution in [1.29, 1.82) is 0 Å². The van der Waals surface area contributed by atoms with E-state index in [1.165, 1.54) is 5.56 Å². The summed E-state index contributed by atoms with van der Waals surface area (Å²) in [6.45, 7) is 2.93. The van der Waals surface area contributed by atoms with Crippen molar-refractivity contribution in [2.75, 3.05) is 7.11 Å². The molecule has 2 aromatic rings. The van der Waals surface area contributed by atoms with Crippen LogP contribution in [0.15, 0.2) is 42.5 Å². The maximum absolute atomic E-state index is 6.15. The lowest BCUT2D eigenvalue weighted by Crippen LogP contribution is -2.26. The summed E-state index contributed by atoms with van der Waals surface area (Å²) in [6.07, 6.45) is 2.15. The smallest absolute Gasteiger partial charge is 0.156 e. The first-order chi connectivity index (χ1) is 10.6. The molecule has 0 spiro atoms. The molecule has 0 bridgehead atoms. The Labute approximate surface area is 142 Å². The lowest BCUT2D eigenvalue weighted by molar-refractivity contribution is 0.415. The molecule has 0 saturated heterocycles. The van der Waals surface area contributed by atoms with Gasteiger partial charge in [-0.25, -0.2) is 0 Å². The van der Waals surface area contributed by atoms with Crippen LogP contribution in [-0.4, -0.2) is 13.2 Å². The van der Waals surface area contributed by atoms with Crippen LogP contribution in [-0.2, 0) is 13.0 Å². The SMILES string of the molecule is COc1c(Cl)cc(CN[C@@H](C)CCc2ccccc2)cc1Cl. The summed E-state index contributed by atoms with van der Waals surface area (Å²) in [4.78, 5) is 0. The first-order valence-corrected chi connectivity index (χ1v) is 8.15. The minimum atomic E-state index is 0.417. The fourth-order valence-electron chi connectivity index (χ4n) is 2.33. The Morgan fingerprint density at radius 3 is 2.27 bits per heavy atom. The molecule has 0 aliphatic rings. The monoisotopic (exact) mass is 337 g/mol. The second kappa shape index (κ2) is 8.42. The lowest BCUT2D eigenvalue weighted by atomic mass is 10.1. The minimum absolute atomic E-state index is 0.417. The van der Waals surface area contributed by atoms with Crippen LogP contribution >= 0.6 is 23.2 Å². The zero-order chi connectivity index (χ0) is 15.9. The zero-order valence-corrected chi connectivity index (χ0v) is 14.4. The maximum Gasteiger partial charge on any atom is 0.156 e. The summed E-state index contributed by atoms with van der Waals surface area (Å²) in [5.41, 5.74) is 2.43.